The molecular formula is C23H20N6O4S. The molecule has 0 aliphatic carbocycles. The van der Waals surface area contributed by atoms with Crippen molar-refractivity contribution >= 4 is 45.6 Å². The number of carbonyl (C=O) groups excluding carboxylic acids is 1. The molecule has 1 heterocycles. The van der Waals surface area contributed by atoms with Crippen molar-refractivity contribution in [3.8, 4) is 11.4 Å². The number of nitro benzene ring substituents is 1. The molecule has 4 rings (SSSR count). The predicted molar refractivity (Wildman–Crippen MR) is 132 cm³/mol. The Hall–Kier alpha value is -4.38. The number of nitrogens with zero attached hydrogens (tertiary/aromatic N) is 4. The Morgan fingerprint density at radius 3 is 2.50 bits per heavy atom. The van der Waals surface area contributed by atoms with Gasteiger partial charge in [-0.25, -0.2) is 0 Å². The van der Waals surface area contributed by atoms with E-state index >= 15 is 0 Å². The van der Waals surface area contributed by atoms with E-state index < -0.39 is 10.8 Å². The second-order valence-electron chi connectivity index (χ2n) is 7.29. The van der Waals surface area contributed by atoms with Crippen LogP contribution < -0.4 is 15.4 Å². The molecule has 0 bridgehead atoms. The lowest BCUT2D eigenvalue weighted by molar-refractivity contribution is -0.385. The third-order valence-electron chi connectivity index (χ3n) is 4.90. The van der Waals surface area contributed by atoms with E-state index in [4.69, 9.17) is 17.0 Å². The molecule has 0 atom stereocenters. The average molecular weight is 477 g/mol. The number of thiocarbonyl (C=S) groups is 1. The highest BCUT2D eigenvalue weighted by Crippen LogP contribution is 2.20. The normalized spacial score (nSPS) is 10.6. The maximum Gasteiger partial charge on any atom is 0.272 e. The fraction of sp³-hybridized carbons (Fsp3) is 0.130. The molecular weight excluding hydrogens is 456 g/mol. The Balaban J connectivity index is 1.44. The van der Waals surface area contributed by atoms with Gasteiger partial charge in [0, 0.05) is 22.9 Å². The Kier molecular flexibility index (Phi) is 6.46. The minimum atomic E-state index is -0.495. The Bertz CT molecular complexity index is 1400. The van der Waals surface area contributed by atoms with Crippen molar-refractivity contribution in [3.63, 3.8) is 0 Å². The fourth-order valence-corrected chi connectivity index (χ4v) is 3.50. The summed E-state index contributed by atoms with van der Waals surface area (Å²) < 4.78 is 5.46. The van der Waals surface area contributed by atoms with Crippen LogP contribution in [0, 0.1) is 17.0 Å². The van der Waals surface area contributed by atoms with Crippen LogP contribution in [0.25, 0.3) is 16.7 Å². The zero-order valence-corrected chi connectivity index (χ0v) is 19.1. The molecule has 4 aromatic rings. The zero-order chi connectivity index (χ0) is 24.2. The first kappa shape index (κ1) is 22.8. The van der Waals surface area contributed by atoms with Gasteiger partial charge in [-0.2, -0.15) is 4.80 Å². The molecule has 0 saturated carbocycles. The molecule has 11 heteroatoms. The molecule has 10 nitrogen and oxygen atoms in total. The molecule has 3 aromatic carbocycles. The molecule has 0 radical (unpaired) electrons. The predicted octanol–water partition coefficient (Wildman–Crippen LogP) is 4.16. The summed E-state index contributed by atoms with van der Waals surface area (Å²) in [5.41, 5.74) is 3.34. The van der Waals surface area contributed by atoms with Crippen molar-refractivity contribution in [2.75, 3.05) is 11.9 Å². The highest BCUT2D eigenvalue weighted by molar-refractivity contribution is 7.80. The summed E-state index contributed by atoms with van der Waals surface area (Å²) in [6.45, 7) is 4.09. The number of rotatable bonds is 6. The first-order valence-electron chi connectivity index (χ1n) is 10.3. The van der Waals surface area contributed by atoms with E-state index in [1.807, 2.05) is 31.2 Å². The minimum Gasteiger partial charge on any atom is -0.494 e. The first-order chi connectivity index (χ1) is 16.3. The Morgan fingerprint density at radius 1 is 1.09 bits per heavy atom. The number of anilines is 1. The van der Waals surface area contributed by atoms with Crippen LogP contribution in [0.2, 0.25) is 0 Å². The number of aromatic nitrogens is 3. The molecule has 0 fully saturated rings. The standard InChI is InChI=1S/C23H20N6O4S/c1-3-33-18-8-6-17(7-9-18)28-26-19-10-5-16(13-20(19)27-28)24-23(34)25-22(30)15-4-11-21(29(31)32)14(2)12-15/h4-13H,3H2,1-2H3,(H2,24,25,30,34). The highest BCUT2D eigenvalue weighted by atomic mass is 32.1. The maximum atomic E-state index is 12.5. The minimum absolute atomic E-state index is 0.0520. The summed E-state index contributed by atoms with van der Waals surface area (Å²) >= 11 is 5.25. The van der Waals surface area contributed by atoms with Crippen LogP contribution in [0.3, 0.4) is 0 Å². The van der Waals surface area contributed by atoms with Crippen LogP contribution in [-0.2, 0) is 0 Å². The maximum absolute atomic E-state index is 12.5. The molecule has 0 unspecified atom stereocenters. The van der Waals surface area contributed by atoms with Crippen LogP contribution >= 0.6 is 12.2 Å². The Morgan fingerprint density at radius 2 is 1.82 bits per heavy atom. The molecule has 1 amide bonds. The number of fused-ring (bicyclic) bond motifs is 1. The Labute approximate surface area is 199 Å². The largest absolute Gasteiger partial charge is 0.494 e. The summed E-state index contributed by atoms with van der Waals surface area (Å²) in [6, 6.07) is 16.9. The van der Waals surface area contributed by atoms with Crippen molar-refractivity contribution in [3.05, 3.63) is 81.9 Å². The number of amides is 1. The fourth-order valence-electron chi connectivity index (χ4n) is 3.29. The van der Waals surface area contributed by atoms with Gasteiger partial charge in [0.25, 0.3) is 11.6 Å². The van der Waals surface area contributed by atoms with E-state index in [2.05, 4.69) is 20.8 Å². The lowest BCUT2D eigenvalue weighted by Crippen LogP contribution is -2.34. The van der Waals surface area contributed by atoms with Crippen molar-refractivity contribution in [2.24, 2.45) is 0 Å². The lowest BCUT2D eigenvalue weighted by Gasteiger charge is -2.10. The van der Waals surface area contributed by atoms with E-state index in [1.54, 1.807) is 25.1 Å². The first-order valence-corrected chi connectivity index (χ1v) is 10.7. The van der Waals surface area contributed by atoms with Crippen LogP contribution in [0.1, 0.15) is 22.8 Å². The topological polar surface area (TPSA) is 124 Å². The van der Waals surface area contributed by atoms with E-state index in [-0.39, 0.29) is 16.4 Å². The molecule has 0 aliphatic heterocycles. The third-order valence-corrected chi connectivity index (χ3v) is 5.10. The van der Waals surface area contributed by atoms with Crippen molar-refractivity contribution < 1.29 is 14.5 Å². The molecule has 1 aromatic heterocycles. The third kappa shape index (κ3) is 4.99. The number of hydrogen-bond donors (Lipinski definition) is 2. The van der Waals surface area contributed by atoms with Crippen LogP contribution in [0.5, 0.6) is 5.75 Å². The van der Waals surface area contributed by atoms with Gasteiger partial charge in [-0.05, 0) is 80.7 Å². The molecule has 0 saturated heterocycles. The summed E-state index contributed by atoms with van der Waals surface area (Å²) in [6.07, 6.45) is 0. The summed E-state index contributed by atoms with van der Waals surface area (Å²) in [5.74, 6) is 0.298. The SMILES string of the molecule is CCOc1ccc(-n2nc3ccc(NC(=S)NC(=O)c4ccc([N+](=O)[O-])c(C)c4)cc3n2)cc1. The van der Waals surface area contributed by atoms with Gasteiger partial charge in [0.1, 0.15) is 16.8 Å². The van der Waals surface area contributed by atoms with Gasteiger partial charge in [0.15, 0.2) is 5.11 Å². The molecule has 34 heavy (non-hydrogen) atoms. The van der Waals surface area contributed by atoms with E-state index in [9.17, 15) is 14.9 Å². The number of ether oxygens (including phenoxy) is 1. The number of nitrogens with one attached hydrogen (secondary N) is 2. The van der Waals surface area contributed by atoms with Crippen LogP contribution in [-0.4, -0.2) is 37.5 Å². The van der Waals surface area contributed by atoms with Crippen LogP contribution in [0.4, 0.5) is 11.4 Å². The summed E-state index contributed by atoms with van der Waals surface area (Å²) in [7, 11) is 0. The molecule has 172 valence electrons. The number of aryl methyl sites for hydroxylation is 1. The van der Waals surface area contributed by atoms with Gasteiger partial charge in [0.05, 0.1) is 17.2 Å². The van der Waals surface area contributed by atoms with E-state index in [0.717, 1.165) is 11.4 Å². The summed E-state index contributed by atoms with van der Waals surface area (Å²) in [4.78, 5) is 24.5. The van der Waals surface area contributed by atoms with Gasteiger partial charge < -0.3 is 10.1 Å². The van der Waals surface area contributed by atoms with Crippen LogP contribution in [0.15, 0.2) is 60.7 Å². The van der Waals surface area contributed by atoms with E-state index in [1.165, 1.54) is 23.0 Å². The highest BCUT2D eigenvalue weighted by Gasteiger charge is 2.15. The number of hydrogen-bond acceptors (Lipinski definition) is 7. The number of nitro groups is 1. The second kappa shape index (κ2) is 9.63. The van der Waals surface area contributed by atoms with Gasteiger partial charge in [-0.3, -0.25) is 20.2 Å². The van der Waals surface area contributed by atoms with Crippen molar-refractivity contribution in [1.82, 2.24) is 20.3 Å². The molecule has 0 spiro atoms. The molecule has 2 N–H and O–H groups in total. The quantitative estimate of drug-likeness (QED) is 0.241. The van der Waals surface area contributed by atoms with Crippen molar-refractivity contribution in [2.45, 2.75) is 13.8 Å². The summed E-state index contributed by atoms with van der Waals surface area (Å²) in [5, 5.41) is 25.5. The van der Waals surface area contributed by atoms with Gasteiger partial charge >= 0.3 is 0 Å². The van der Waals surface area contributed by atoms with E-state index in [0.29, 0.717) is 28.9 Å². The number of carbonyl (C=O) groups is 1. The monoisotopic (exact) mass is 476 g/mol. The van der Waals surface area contributed by atoms with Crippen molar-refractivity contribution in [1.29, 1.82) is 0 Å². The van der Waals surface area contributed by atoms with Gasteiger partial charge in [-0.15, -0.1) is 10.2 Å². The number of benzene rings is 3. The zero-order valence-electron chi connectivity index (χ0n) is 18.3. The van der Waals surface area contributed by atoms with Gasteiger partial charge in [-0.1, -0.05) is 0 Å². The van der Waals surface area contributed by atoms with Gasteiger partial charge in [0.2, 0.25) is 0 Å². The second-order valence-corrected chi connectivity index (χ2v) is 7.69. The average Bonchev–Trinajstić information content (AvgIpc) is 3.22. The smallest absolute Gasteiger partial charge is 0.272 e. The lowest BCUT2D eigenvalue weighted by atomic mass is 10.1. The molecule has 0 aliphatic rings.